The summed E-state index contributed by atoms with van der Waals surface area (Å²) in [7, 11) is 0. The molecule has 0 amide bonds. The molecule has 76 valence electrons. The molecule has 0 radical (unpaired) electrons. The van der Waals surface area contributed by atoms with Crippen molar-refractivity contribution in [3.05, 3.63) is 36.4 Å². The van der Waals surface area contributed by atoms with Gasteiger partial charge in [-0.15, -0.1) is 6.58 Å². The SMILES string of the molecule is C=CCCC(NN)c1ncc(C)cn1. The third-order valence-electron chi connectivity index (χ3n) is 1.97. The number of rotatable bonds is 5. The van der Waals surface area contributed by atoms with E-state index in [1.807, 2.05) is 13.0 Å². The van der Waals surface area contributed by atoms with E-state index in [9.17, 15) is 0 Å². The summed E-state index contributed by atoms with van der Waals surface area (Å²) in [5.74, 6) is 6.16. The van der Waals surface area contributed by atoms with Gasteiger partial charge in [-0.2, -0.15) is 0 Å². The minimum atomic E-state index is 0.00796. The molecule has 1 rings (SSSR count). The Hall–Kier alpha value is -1.26. The fourth-order valence-corrected chi connectivity index (χ4v) is 1.15. The molecular weight excluding hydrogens is 176 g/mol. The van der Waals surface area contributed by atoms with Crippen molar-refractivity contribution in [3.8, 4) is 0 Å². The predicted molar refractivity (Wildman–Crippen MR) is 56.3 cm³/mol. The van der Waals surface area contributed by atoms with Crippen LogP contribution in [-0.2, 0) is 0 Å². The van der Waals surface area contributed by atoms with Crippen LogP contribution in [0.15, 0.2) is 25.0 Å². The quantitative estimate of drug-likeness (QED) is 0.419. The van der Waals surface area contributed by atoms with Crippen molar-refractivity contribution in [2.24, 2.45) is 5.84 Å². The fraction of sp³-hybridized carbons (Fsp3) is 0.400. The van der Waals surface area contributed by atoms with Crippen LogP contribution in [0.5, 0.6) is 0 Å². The smallest absolute Gasteiger partial charge is 0.146 e. The molecule has 0 saturated heterocycles. The second kappa shape index (κ2) is 5.47. The van der Waals surface area contributed by atoms with Gasteiger partial charge < -0.3 is 0 Å². The summed E-state index contributed by atoms with van der Waals surface area (Å²) in [5, 5.41) is 0. The van der Waals surface area contributed by atoms with Crippen molar-refractivity contribution in [2.75, 3.05) is 0 Å². The van der Waals surface area contributed by atoms with E-state index in [1.54, 1.807) is 12.4 Å². The molecule has 1 aromatic rings. The van der Waals surface area contributed by atoms with Crippen LogP contribution in [0.1, 0.15) is 30.3 Å². The van der Waals surface area contributed by atoms with E-state index in [-0.39, 0.29) is 6.04 Å². The van der Waals surface area contributed by atoms with Gasteiger partial charge in [-0.25, -0.2) is 15.4 Å². The highest BCUT2D eigenvalue weighted by molar-refractivity contribution is 5.04. The molecule has 1 heterocycles. The summed E-state index contributed by atoms with van der Waals surface area (Å²) in [4.78, 5) is 8.43. The molecule has 0 spiro atoms. The molecule has 4 heteroatoms. The third-order valence-corrected chi connectivity index (χ3v) is 1.97. The van der Waals surface area contributed by atoms with Gasteiger partial charge in [0, 0.05) is 12.4 Å². The lowest BCUT2D eigenvalue weighted by Gasteiger charge is -2.12. The summed E-state index contributed by atoms with van der Waals surface area (Å²) < 4.78 is 0. The Bertz CT molecular complexity index is 281. The number of allylic oxidation sites excluding steroid dienone is 1. The lowest BCUT2D eigenvalue weighted by atomic mass is 10.1. The molecule has 0 aliphatic heterocycles. The first kappa shape index (κ1) is 10.8. The number of nitrogens with one attached hydrogen (secondary N) is 1. The van der Waals surface area contributed by atoms with E-state index in [2.05, 4.69) is 22.0 Å². The molecule has 1 unspecified atom stereocenters. The number of hydrogen-bond donors (Lipinski definition) is 2. The maximum atomic E-state index is 5.42. The van der Waals surface area contributed by atoms with Crippen molar-refractivity contribution in [1.82, 2.24) is 15.4 Å². The average molecular weight is 192 g/mol. The molecule has 0 aliphatic carbocycles. The molecule has 1 atom stereocenters. The maximum absolute atomic E-state index is 5.42. The Balaban J connectivity index is 2.68. The van der Waals surface area contributed by atoms with Crippen LogP contribution in [0.4, 0.5) is 0 Å². The van der Waals surface area contributed by atoms with Crippen LogP contribution >= 0.6 is 0 Å². The normalized spacial score (nSPS) is 12.4. The molecule has 0 aromatic carbocycles. The number of nitrogens with zero attached hydrogens (tertiary/aromatic N) is 2. The second-order valence-corrected chi connectivity index (χ2v) is 3.20. The minimum Gasteiger partial charge on any atom is -0.271 e. The molecule has 0 aliphatic rings. The second-order valence-electron chi connectivity index (χ2n) is 3.20. The van der Waals surface area contributed by atoms with Crippen LogP contribution in [-0.4, -0.2) is 9.97 Å². The molecule has 0 fully saturated rings. The fourth-order valence-electron chi connectivity index (χ4n) is 1.15. The number of aromatic nitrogens is 2. The van der Waals surface area contributed by atoms with Gasteiger partial charge in [0.15, 0.2) is 0 Å². The van der Waals surface area contributed by atoms with Gasteiger partial charge in [-0.1, -0.05) is 6.08 Å². The van der Waals surface area contributed by atoms with Crippen molar-refractivity contribution < 1.29 is 0 Å². The zero-order valence-corrected chi connectivity index (χ0v) is 8.40. The molecule has 0 saturated carbocycles. The first-order chi connectivity index (χ1) is 6.77. The molecular formula is C10H16N4. The Kier molecular flexibility index (Phi) is 4.22. The highest BCUT2D eigenvalue weighted by atomic mass is 15.2. The van der Waals surface area contributed by atoms with Crippen molar-refractivity contribution in [1.29, 1.82) is 0 Å². The van der Waals surface area contributed by atoms with E-state index >= 15 is 0 Å². The maximum Gasteiger partial charge on any atom is 0.146 e. The molecule has 0 bridgehead atoms. The van der Waals surface area contributed by atoms with Crippen molar-refractivity contribution in [2.45, 2.75) is 25.8 Å². The van der Waals surface area contributed by atoms with Crippen LogP contribution in [0.3, 0.4) is 0 Å². The largest absolute Gasteiger partial charge is 0.271 e. The Labute approximate surface area is 84.2 Å². The summed E-state index contributed by atoms with van der Waals surface area (Å²) in [6.07, 6.45) is 7.20. The number of aryl methyl sites for hydroxylation is 1. The summed E-state index contributed by atoms with van der Waals surface area (Å²) in [5.41, 5.74) is 3.75. The standard InChI is InChI=1S/C10H16N4/c1-3-4-5-9(14-11)10-12-6-8(2)7-13-10/h3,6-7,9,14H,1,4-5,11H2,2H3. The van der Waals surface area contributed by atoms with Gasteiger partial charge in [0.2, 0.25) is 0 Å². The third kappa shape index (κ3) is 2.90. The average Bonchev–Trinajstić information content (AvgIpc) is 2.21. The van der Waals surface area contributed by atoms with Gasteiger partial charge in [0.1, 0.15) is 5.82 Å². The molecule has 1 aromatic heterocycles. The Morgan fingerprint density at radius 1 is 1.57 bits per heavy atom. The van der Waals surface area contributed by atoms with Crippen molar-refractivity contribution in [3.63, 3.8) is 0 Å². The zero-order chi connectivity index (χ0) is 10.4. The van der Waals surface area contributed by atoms with E-state index in [0.29, 0.717) is 0 Å². The first-order valence-electron chi connectivity index (χ1n) is 4.63. The summed E-state index contributed by atoms with van der Waals surface area (Å²) in [6.45, 7) is 5.62. The van der Waals surface area contributed by atoms with Gasteiger partial charge in [-0.05, 0) is 25.3 Å². The van der Waals surface area contributed by atoms with E-state index in [1.165, 1.54) is 0 Å². The highest BCUT2D eigenvalue weighted by Crippen LogP contribution is 2.12. The monoisotopic (exact) mass is 192 g/mol. The van der Waals surface area contributed by atoms with E-state index in [0.717, 1.165) is 24.2 Å². The lowest BCUT2D eigenvalue weighted by Crippen LogP contribution is -2.29. The molecule has 14 heavy (non-hydrogen) atoms. The van der Waals surface area contributed by atoms with Gasteiger partial charge in [0.25, 0.3) is 0 Å². The Morgan fingerprint density at radius 2 is 2.21 bits per heavy atom. The van der Waals surface area contributed by atoms with Crippen molar-refractivity contribution >= 4 is 0 Å². The number of nitrogens with two attached hydrogens (primary N) is 1. The van der Waals surface area contributed by atoms with Gasteiger partial charge in [0.05, 0.1) is 6.04 Å². The number of hydrogen-bond acceptors (Lipinski definition) is 4. The first-order valence-corrected chi connectivity index (χ1v) is 4.63. The van der Waals surface area contributed by atoms with Crippen LogP contribution in [0.2, 0.25) is 0 Å². The summed E-state index contributed by atoms with van der Waals surface area (Å²) in [6, 6.07) is 0.00796. The van der Waals surface area contributed by atoms with Gasteiger partial charge >= 0.3 is 0 Å². The van der Waals surface area contributed by atoms with E-state index < -0.39 is 0 Å². The highest BCUT2D eigenvalue weighted by Gasteiger charge is 2.10. The predicted octanol–water partition coefficient (Wildman–Crippen LogP) is 1.26. The minimum absolute atomic E-state index is 0.00796. The van der Waals surface area contributed by atoms with E-state index in [4.69, 9.17) is 5.84 Å². The number of hydrazine groups is 1. The van der Waals surface area contributed by atoms with Crippen LogP contribution in [0.25, 0.3) is 0 Å². The van der Waals surface area contributed by atoms with Crippen LogP contribution in [0, 0.1) is 6.92 Å². The molecule has 4 nitrogen and oxygen atoms in total. The lowest BCUT2D eigenvalue weighted by molar-refractivity contribution is 0.494. The topological polar surface area (TPSA) is 63.8 Å². The van der Waals surface area contributed by atoms with Crippen LogP contribution < -0.4 is 11.3 Å². The summed E-state index contributed by atoms with van der Waals surface area (Å²) >= 11 is 0. The Morgan fingerprint density at radius 3 is 2.71 bits per heavy atom. The molecule has 3 N–H and O–H groups in total. The van der Waals surface area contributed by atoms with Gasteiger partial charge in [-0.3, -0.25) is 5.84 Å². The zero-order valence-electron chi connectivity index (χ0n) is 8.40.